The van der Waals surface area contributed by atoms with Crippen molar-refractivity contribution < 1.29 is 14.0 Å². The van der Waals surface area contributed by atoms with Crippen molar-refractivity contribution in [2.75, 3.05) is 13.1 Å². The van der Waals surface area contributed by atoms with Crippen LogP contribution in [0.15, 0.2) is 54.4 Å². The molecule has 1 aromatic heterocycles. The first-order valence-corrected chi connectivity index (χ1v) is 10.4. The lowest BCUT2D eigenvalue weighted by Crippen LogP contribution is -2.40. The lowest BCUT2D eigenvalue weighted by atomic mass is 9.90. The quantitative estimate of drug-likeness (QED) is 0.770. The molecule has 0 radical (unpaired) electrons. The van der Waals surface area contributed by atoms with Gasteiger partial charge in [-0.3, -0.25) is 14.6 Å². The number of hydrogen-bond acceptors (Lipinski definition) is 3. The molecule has 2 fully saturated rings. The van der Waals surface area contributed by atoms with E-state index in [0.29, 0.717) is 25.2 Å². The number of aromatic nitrogens is 1. The minimum Gasteiger partial charge on any atom is -0.350 e. The number of rotatable bonds is 5. The third-order valence-electron chi connectivity index (χ3n) is 6.24. The van der Waals surface area contributed by atoms with Gasteiger partial charge in [0.15, 0.2) is 5.83 Å². The van der Waals surface area contributed by atoms with Crippen LogP contribution in [0.1, 0.15) is 36.2 Å². The number of pyridine rings is 1. The predicted octanol–water partition coefficient (Wildman–Crippen LogP) is 3.65. The molecule has 1 N–H and O–H groups in total. The second kappa shape index (κ2) is 8.38. The summed E-state index contributed by atoms with van der Waals surface area (Å²) in [5.41, 5.74) is 2.40. The molecular weight excluding hydrogens is 381 g/mol. The Morgan fingerprint density at radius 2 is 1.90 bits per heavy atom. The fourth-order valence-corrected chi connectivity index (χ4v) is 4.33. The molecule has 30 heavy (non-hydrogen) atoms. The molecule has 1 aliphatic heterocycles. The van der Waals surface area contributed by atoms with E-state index in [0.717, 1.165) is 30.7 Å². The van der Waals surface area contributed by atoms with E-state index < -0.39 is 11.7 Å². The zero-order valence-electron chi connectivity index (χ0n) is 17.1. The molecule has 6 heteroatoms. The Morgan fingerprint density at radius 1 is 1.17 bits per heavy atom. The number of piperidine rings is 1. The summed E-state index contributed by atoms with van der Waals surface area (Å²) < 4.78 is 14.4. The molecule has 4 rings (SSSR count). The lowest BCUT2D eigenvalue weighted by molar-refractivity contribution is -0.130. The number of likely N-dealkylation sites (tertiary alicyclic amines) is 1. The van der Waals surface area contributed by atoms with Gasteiger partial charge in [0.2, 0.25) is 5.91 Å². The van der Waals surface area contributed by atoms with Gasteiger partial charge in [-0.05, 0) is 55.4 Å². The van der Waals surface area contributed by atoms with E-state index in [4.69, 9.17) is 0 Å². The summed E-state index contributed by atoms with van der Waals surface area (Å²) in [4.78, 5) is 31.0. The topological polar surface area (TPSA) is 62.3 Å². The minimum atomic E-state index is -0.743. The molecule has 156 valence electrons. The van der Waals surface area contributed by atoms with Gasteiger partial charge in [0.05, 0.1) is 12.2 Å². The second-order valence-electron chi connectivity index (χ2n) is 8.30. The number of hydrogen-bond donors (Lipinski definition) is 1. The smallest absolute Gasteiger partial charge is 0.282 e. The fraction of sp³-hybridized carbons (Fsp3) is 0.375. The summed E-state index contributed by atoms with van der Waals surface area (Å²) >= 11 is 0. The number of carbonyl (C=O) groups excluding carboxylic acids is 2. The Labute approximate surface area is 176 Å². The van der Waals surface area contributed by atoms with Gasteiger partial charge >= 0.3 is 0 Å². The Morgan fingerprint density at radius 3 is 2.60 bits per heavy atom. The van der Waals surface area contributed by atoms with Crippen LogP contribution in [0.4, 0.5) is 4.39 Å². The van der Waals surface area contributed by atoms with Crippen LogP contribution in [0.25, 0.3) is 6.08 Å². The molecule has 2 heterocycles. The molecule has 1 saturated carbocycles. The van der Waals surface area contributed by atoms with Crippen LogP contribution in [0, 0.1) is 18.3 Å². The number of nitrogens with one attached hydrogen (secondary N) is 1. The molecule has 1 spiro atoms. The molecule has 2 aromatic rings. The zero-order valence-corrected chi connectivity index (χ0v) is 17.1. The highest BCUT2D eigenvalue weighted by molar-refractivity contribution is 5.95. The summed E-state index contributed by atoms with van der Waals surface area (Å²) in [5, 5.41) is 2.99. The summed E-state index contributed by atoms with van der Waals surface area (Å²) in [6, 6.07) is 14.7. The largest absolute Gasteiger partial charge is 0.350 e. The molecule has 2 aliphatic rings. The van der Waals surface area contributed by atoms with E-state index in [1.54, 1.807) is 17.0 Å². The molecule has 1 atom stereocenters. The molecule has 0 bridgehead atoms. The molecule has 2 amide bonds. The van der Waals surface area contributed by atoms with Gasteiger partial charge in [-0.1, -0.05) is 36.4 Å². The molecular formula is C24H26FN3O2. The average molecular weight is 407 g/mol. The monoisotopic (exact) mass is 407 g/mol. The van der Waals surface area contributed by atoms with E-state index in [1.165, 1.54) is 6.08 Å². The summed E-state index contributed by atoms with van der Waals surface area (Å²) in [7, 11) is 0. The van der Waals surface area contributed by atoms with Crippen molar-refractivity contribution in [3.05, 3.63) is 71.3 Å². The first kappa shape index (κ1) is 20.3. The van der Waals surface area contributed by atoms with Crippen LogP contribution in [0.3, 0.4) is 0 Å². The van der Waals surface area contributed by atoms with E-state index in [9.17, 15) is 14.0 Å². The zero-order chi connectivity index (χ0) is 21.1. The number of nitrogens with zero attached hydrogens (tertiary/aromatic N) is 2. The van der Waals surface area contributed by atoms with Crippen LogP contribution in [-0.2, 0) is 16.1 Å². The van der Waals surface area contributed by atoms with Gasteiger partial charge in [-0.15, -0.1) is 0 Å². The number of benzene rings is 1. The van der Waals surface area contributed by atoms with Crippen LogP contribution in [0.2, 0.25) is 0 Å². The first-order valence-electron chi connectivity index (χ1n) is 10.4. The average Bonchev–Trinajstić information content (AvgIpc) is 3.46. The maximum Gasteiger partial charge on any atom is 0.282 e. The third kappa shape index (κ3) is 4.42. The van der Waals surface area contributed by atoms with E-state index >= 15 is 0 Å². The number of carbonyl (C=O) groups is 2. The van der Waals surface area contributed by atoms with Gasteiger partial charge in [0.1, 0.15) is 0 Å². The van der Waals surface area contributed by atoms with Crippen molar-refractivity contribution >= 4 is 17.9 Å². The molecule has 1 unspecified atom stereocenters. The van der Waals surface area contributed by atoms with Crippen molar-refractivity contribution in [1.29, 1.82) is 0 Å². The van der Waals surface area contributed by atoms with E-state index in [2.05, 4.69) is 10.3 Å². The SMILES string of the molecule is Cc1cccc(CNC(=O)C2CC23CCN(C(=O)/C(F)=C/c2ccccc2)CC3)n1. The molecule has 1 saturated heterocycles. The van der Waals surface area contributed by atoms with Crippen molar-refractivity contribution in [3.8, 4) is 0 Å². The summed E-state index contributed by atoms with van der Waals surface area (Å²) in [6.07, 6.45) is 3.58. The Balaban J connectivity index is 1.28. The molecule has 5 nitrogen and oxygen atoms in total. The third-order valence-corrected chi connectivity index (χ3v) is 6.24. The Bertz CT molecular complexity index is 965. The van der Waals surface area contributed by atoms with Crippen LogP contribution >= 0.6 is 0 Å². The molecule has 1 aliphatic carbocycles. The van der Waals surface area contributed by atoms with Gasteiger partial charge in [-0.2, -0.15) is 0 Å². The lowest BCUT2D eigenvalue weighted by Gasteiger charge is -2.32. The maximum atomic E-state index is 14.4. The minimum absolute atomic E-state index is 0.0238. The van der Waals surface area contributed by atoms with Gasteiger partial charge in [0.25, 0.3) is 5.91 Å². The Kier molecular flexibility index (Phi) is 5.66. The highest BCUT2D eigenvalue weighted by Crippen LogP contribution is 2.59. The van der Waals surface area contributed by atoms with Crippen LogP contribution in [0.5, 0.6) is 0 Å². The number of amides is 2. The van der Waals surface area contributed by atoms with Crippen molar-refractivity contribution in [1.82, 2.24) is 15.2 Å². The van der Waals surface area contributed by atoms with Crippen molar-refractivity contribution in [2.45, 2.75) is 32.7 Å². The first-order chi connectivity index (χ1) is 14.5. The standard InChI is InChI=1S/C24H26FN3O2/c1-17-6-5-9-19(27-17)16-26-22(29)20-15-24(20)10-12-28(13-11-24)23(30)21(25)14-18-7-3-2-4-8-18/h2-9,14,20H,10-13,15-16H2,1H3,(H,26,29)/b21-14-. The van der Waals surface area contributed by atoms with Crippen molar-refractivity contribution in [2.24, 2.45) is 11.3 Å². The second-order valence-corrected chi connectivity index (χ2v) is 8.30. The highest BCUT2D eigenvalue weighted by Gasteiger charge is 2.58. The normalized spacial score (nSPS) is 20.1. The Hall–Kier alpha value is -3.02. The van der Waals surface area contributed by atoms with Gasteiger partial charge in [0, 0.05) is 24.7 Å². The van der Waals surface area contributed by atoms with Gasteiger partial charge in [-0.25, -0.2) is 4.39 Å². The maximum absolute atomic E-state index is 14.4. The van der Waals surface area contributed by atoms with Gasteiger partial charge < -0.3 is 10.2 Å². The predicted molar refractivity (Wildman–Crippen MR) is 113 cm³/mol. The van der Waals surface area contributed by atoms with Crippen LogP contribution < -0.4 is 5.32 Å². The van der Waals surface area contributed by atoms with E-state index in [-0.39, 0.29) is 17.2 Å². The van der Waals surface area contributed by atoms with Crippen LogP contribution in [-0.4, -0.2) is 34.8 Å². The van der Waals surface area contributed by atoms with E-state index in [1.807, 2.05) is 43.3 Å². The fourth-order valence-electron chi connectivity index (χ4n) is 4.33. The summed E-state index contributed by atoms with van der Waals surface area (Å²) in [6.45, 7) is 3.32. The van der Waals surface area contributed by atoms with Crippen molar-refractivity contribution in [3.63, 3.8) is 0 Å². The summed E-state index contributed by atoms with van der Waals surface area (Å²) in [5.74, 6) is -1.29. The number of halogens is 1. The highest BCUT2D eigenvalue weighted by atomic mass is 19.1. The molecule has 1 aromatic carbocycles. The number of aryl methyl sites for hydroxylation is 1.